The van der Waals surface area contributed by atoms with E-state index in [-0.39, 0.29) is 4.90 Å². The lowest BCUT2D eigenvalue weighted by atomic mass is 10.2. The second-order valence-corrected chi connectivity index (χ2v) is 5.80. The molecular formula is C12H15NO4S. The summed E-state index contributed by atoms with van der Waals surface area (Å²) < 4.78 is 22.5. The van der Waals surface area contributed by atoms with E-state index in [2.05, 4.69) is 5.32 Å². The van der Waals surface area contributed by atoms with E-state index >= 15 is 0 Å². The maximum absolute atomic E-state index is 11.2. The smallest absolute Gasteiger partial charge is 0.328 e. The van der Waals surface area contributed by atoms with Gasteiger partial charge in [-0.15, -0.1) is 0 Å². The highest BCUT2D eigenvalue weighted by Crippen LogP contribution is 2.09. The molecule has 0 aliphatic carbocycles. The Morgan fingerprint density at radius 3 is 2.44 bits per heavy atom. The Bertz CT molecular complexity index is 532. The maximum atomic E-state index is 11.2. The van der Waals surface area contributed by atoms with Gasteiger partial charge in [-0.05, 0) is 17.7 Å². The molecule has 0 amide bonds. The van der Waals surface area contributed by atoms with Crippen LogP contribution in [0.25, 0.3) is 0 Å². The third-order valence-corrected chi connectivity index (χ3v) is 3.33. The molecule has 0 aromatic heterocycles. The fourth-order valence-electron chi connectivity index (χ4n) is 1.31. The minimum absolute atomic E-state index is 0.289. The molecular weight excluding hydrogens is 254 g/mol. The Labute approximate surface area is 106 Å². The van der Waals surface area contributed by atoms with Gasteiger partial charge in [-0.3, -0.25) is 0 Å². The molecule has 2 N–H and O–H groups in total. The molecule has 1 rings (SSSR count). The van der Waals surface area contributed by atoms with Crippen LogP contribution in [-0.2, 0) is 21.2 Å². The first kappa shape index (κ1) is 14.4. The van der Waals surface area contributed by atoms with Crippen LogP contribution in [-0.4, -0.2) is 32.3 Å². The molecule has 0 aliphatic rings. The predicted octanol–water partition coefficient (Wildman–Crippen LogP) is 0.820. The molecule has 0 radical (unpaired) electrons. The summed E-state index contributed by atoms with van der Waals surface area (Å²) in [6, 6.07) is 6.56. The Morgan fingerprint density at radius 2 is 1.94 bits per heavy atom. The van der Waals surface area contributed by atoms with Gasteiger partial charge in [-0.1, -0.05) is 18.2 Å². The largest absolute Gasteiger partial charge is 0.478 e. The molecule has 0 atom stereocenters. The molecule has 0 unspecified atom stereocenters. The van der Waals surface area contributed by atoms with E-state index in [0.29, 0.717) is 13.1 Å². The lowest BCUT2D eigenvalue weighted by molar-refractivity contribution is -0.131. The Hall–Kier alpha value is -1.66. The van der Waals surface area contributed by atoms with Gasteiger partial charge in [0.25, 0.3) is 0 Å². The van der Waals surface area contributed by atoms with E-state index in [1.165, 1.54) is 6.08 Å². The Kier molecular flexibility index (Phi) is 5.06. The summed E-state index contributed by atoms with van der Waals surface area (Å²) in [5, 5.41) is 11.4. The van der Waals surface area contributed by atoms with Gasteiger partial charge in [0.2, 0.25) is 0 Å². The molecule has 0 bridgehead atoms. The van der Waals surface area contributed by atoms with Gasteiger partial charge in [0.05, 0.1) is 4.90 Å². The van der Waals surface area contributed by atoms with E-state index in [4.69, 9.17) is 5.11 Å². The first-order valence-corrected chi connectivity index (χ1v) is 7.18. The number of carboxylic acids is 1. The highest BCUT2D eigenvalue weighted by molar-refractivity contribution is 7.90. The summed E-state index contributed by atoms with van der Waals surface area (Å²) in [5.41, 5.74) is 0.936. The van der Waals surface area contributed by atoms with Crippen molar-refractivity contribution in [3.63, 3.8) is 0 Å². The highest BCUT2D eigenvalue weighted by atomic mass is 32.2. The molecule has 0 saturated heterocycles. The molecule has 1 aromatic rings. The van der Waals surface area contributed by atoms with Crippen molar-refractivity contribution < 1.29 is 18.3 Å². The van der Waals surface area contributed by atoms with Gasteiger partial charge in [0, 0.05) is 25.4 Å². The van der Waals surface area contributed by atoms with E-state index in [9.17, 15) is 13.2 Å². The molecule has 18 heavy (non-hydrogen) atoms. The standard InChI is InChI=1S/C12H15NO4S/c1-18(16,17)11-6-4-10(5-7-11)9-13-8-2-3-12(14)15/h2-7,13H,8-9H2,1H3,(H,14,15)/b3-2+. The van der Waals surface area contributed by atoms with Gasteiger partial charge in [-0.25, -0.2) is 13.2 Å². The molecule has 0 saturated carbocycles. The number of rotatable bonds is 6. The summed E-state index contributed by atoms with van der Waals surface area (Å²) in [5.74, 6) is -0.977. The lowest BCUT2D eigenvalue weighted by Gasteiger charge is -2.03. The van der Waals surface area contributed by atoms with Gasteiger partial charge >= 0.3 is 5.97 Å². The highest BCUT2D eigenvalue weighted by Gasteiger charge is 2.05. The number of sulfone groups is 1. The average molecular weight is 269 g/mol. The molecule has 6 heteroatoms. The number of nitrogens with one attached hydrogen (secondary N) is 1. The van der Waals surface area contributed by atoms with Crippen LogP contribution in [0.5, 0.6) is 0 Å². The first-order chi connectivity index (χ1) is 8.39. The summed E-state index contributed by atoms with van der Waals surface area (Å²) >= 11 is 0. The number of carboxylic acid groups (broad SMARTS) is 1. The van der Waals surface area contributed by atoms with Gasteiger partial charge in [0.1, 0.15) is 0 Å². The van der Waals surface area contributed by atoms with Crippen molar-refractivity contribution in [1.82, 2.24) is 5.32 Å². The van der Waals surface area contributed by atoms with E-state index < -0.39 is 15.8 Å². The number of hydrogen-bond donors (Lipinski definition) is 2. The van der Waals surface area contributed by atoms with Crippen LogP contribution in [0, 0.1) is 0 Å². The zero-order valence-electron chi connectivity index (χ0n) is 9.96. The van der Waals surface area contributed by atoms with Crippen LogP contribution >= 0.6 is 0 Å². The zero-order chi connectivity index (χ0) is 13.6. The topological polar surface area (TPSA) is 83.5 Å². The zero-order valence-corrected chi connectivity index (χ0v) is 10.8. The average Bonchev–Trinajstić information content (AvgIpc) is 2.27. The van der Waals surface area contributed by atoms with Crippen molar-refractivity contribution >= 4 is 15.8 Å². The van der Waals surface area contributed by atoms with Crippen molar-refractivity contribution in [1.29, 1.82) is 0 Å². The molecule has 1 aromatic carbocycles. The van der Waals surface area contributed by atoms with Gasteiger partial charge in [0.15, 0.2) is 9.84 Å². The minimum Gasteiger partial charge on any atom is -0.478 e. The lowest BCUT2D eigenvalue weighted by Crippen LogP contribution is -2.13. The van der Waals surface area contributed by atoms with Crippen molar-refractivity contribution in [2.24, 2.45) is 0 Å². The van der Waals surface area contributed by atoms with Crippen molar-refractivity contribution in [3.05, 3.63) is 42.0 Å². The van der Waals surface area contributed by atoms with Crippen LogP contribution < -0.4 is 5.32 Å². The van der Waals surface area contributed by atoms with E-state index in [1.807, 2.05) is 0 Å². The maximum Gasteiger partial charge on any atom is 0.328 e. The van der Waals surface area contributed by atoms with E-state index in [1.54, 1.807) is 24.3 Å². The molecule has 0 spiro atoms. The van der Waals surface area contributed by atoms with Crippen LogP contribution in [0.15, 0.2) is 41.3 Å². The molecule has 5 nitrogen and oxygen atoms in total. The number of hydrogen-bond acceptors (Lipinski definition) is 4. The van der Waals surface area contributed by atoms with Gasteiger partial charge in [-0.2, -0.15) is 0 Å². The van der Waals surface area contributed by atoms with Crippen LogP contribution in [0.1, 0.15) is 5.56 Å². The molecule has 0 aliphatic heterocycles. The molecule has 98 valence electrons. The number of benzene rings is 1. The third-order valence-electron chi connectivity index (χ3n) is 2.20. The van der Waals surface area contributed by atoms with Crippen LogP contribution in [0.2, 0.25) is 0 Å². The van der Waals surface area contributed by atoms with Crippen molar-refractivity contribution in [2.75, 3.05) is 12.8 Å². The van der Waals surface area contributed by atoms with Gasteiger partial charge < -0.3 is 10.4 Å². The minimum atomic E-state index is -3.16. The summed E-state index contributed by atoms with van der Waals surface area (Å²) in [4.78, 5) is 10.5. The Morgan fingerprint density at radius 1 is 1.33 bits per heavy atom. The molecule has 0 heterocycles. The Balaban J connectivity index is 2.48. The summed E-state index contributed by atoms with van der Waals surface area (Å²) in [7, 11) is -3.16. The fourth-order valence-corrected chi connectivity index (χ4v) is 1.94. The molecule has 0 fully saturated rings. The monoisotopic (exact) mass is 269 g/mol. The van der Waals surface area contributed by atoms with Crippen molar-refractivity contribution in [2.45, 2.75) is 11.4 Å². The second kappa shape index (κ2) is 6.32. The van der Waals surface area contributed by atoms with Crippen LogP contribution in [0.4, 0.5) is 0 Å². The summed E-state index contributed by atoms with van der Waals surface area (Å²) in [6.07, 6.45) is 3.74. The van der Waals surface area contributed by atoms with Crippen molar-refractivity contribution in [3.8, 4) is 0 Å². The number of carbonyl (C=O) groups is 1. The van der Waals surface area contributed by atoms with E-state index in [0.717, 1.165) is 17.9 Å². The quantitative estimate of drug-likeness (QED) is 0.590. The summed E-state index contributed by atoms with van der Waals surface area (Å²) in [6.45, 7) is 0.994. The first-order valence-electron chi connectivity index (χ1n) is 5.29. The third kappa shape index (κ3) is 5.11. The predicted molar refractivity (Wildman–Crippen MR) is 68.0 cm³/mol. The number of aliphatic carboxylic acids is 1. The second-order valence-electron chi connectivity index (χ2n) is 3.79. The van der Waals surface area contributed by atoms with Crippen LogP contribution in [0.3, 0.4) is 0 Å². The fraction of sp³-hybridized carbons (Fsp3) is 0.250. The normalized spacial score (nSPS) is 11.8. The SMILES string of the molecule is CS(=O)(=O)c1ccc(CNC/C=C/C(=O)O)cc1.